The van der Waals surface area contributed by atoms with E-state index in [-0.39, 0.29) is 9.92 Å². The number of benzene rings is 1. The fourth-order valence-corrected chi connectivity index (χ4v) is 2.86. The van der Waals surface area contributed by atoms with Crippen LogP contribution in [-0.4, -0.2) is 28.6 Å². The molecule has 0 saturated carbocycles. The van der Waals surface area contributed by atoms with Gasteiger partial charge in [0.05, 0.1) is 5.02 Å². The number of likely N-dealkylation sites (N-methyl/N-ethyl adjacent to an activating group) is 1. The Morgan fingerprint density at radius 1 is 1.25 bits per heavy atom. The summed E-state index contributed by atoms with van der Waals surface area (Å²) in [5.41, 5.74) is 0. The van der Waals surface area contributed by atoms with Crippen molar-refractivity contribution in [2.24, 2.45) is 0 Å². The molecule has 0 radical (unpaired) electrons. The van der Waals surface area contributed by atoms with E-state index in [9.17, 15) is 8.42 Å². The third-order valence-corrected chi connectivity index (χ3v) is 4.03. The molecular weight excluding hydrogens is 271 g/mol. The maximum absolute atomic E-state index is 11.8. The third-order valence-electron chi connectivity index (χ3n) is 1.85. The monoisotopic (exact) mass is 282 g/mol. The first kappa shape index (κ1) is 13.7. The summed E-state index contributed by atoms with van der Waals surface area (Å²) in [6, 6.07) is 4.32. The van der Waals surface area contributed by atoms with E-state index in [0.717, 1.165) is 0 Å². The maximum Gasteiger partial charge on any atom is 0.242 e. The topological polar surface area (TPSA) is 58.2 Å². The average Bonchev–Trinajstić information content (AvgIpc) is 2.22. The summed E-state index contributed by atoms with van der Waals surface area (Å²) < 4.78 is 26.0. The van der Waals surface area contributed by atoms with E-state index in [1.54, 1.807) is 7.05 Å². The van der Waals surface area contributed by atoms with Crippen LogP contribution in [0.1, 0.15) is 0 Å². The lowest BCUT2D eigenvalue weighted by Gasteiger charge is -2.08. The Morgan fingerprint density at radius 3 is 2.56 bits per heavy atom. The van der Waals surface area contributed by atoms with Crippen molar-refractivity contribution in [3.8, 4) is 0 Å². The molecule has 0 bridgehead atoms. The number of hydrogen-bond donors (Lipinski definition) is 2. The summed E-state index contributed by atoms with van der Waals surface area (Å²) in [5.74, 6) is 0. The third kappa shape index (κ3) is 3.61. The number of rotatable bonds is 5. The highest BCUT2D eigenvalue weighted by molar-refractivity contribution is 7.89. The molecule has 0 spiro atoms. The Balaban J connectivity index is 2.93. The fraction of sp³-hybridized carbons (Fsp3) is 0.333. The van der Waals surface area contributed by atoms with Gasteiger partial charge in [-0.1, -0.05) is 23.2 Å². The second-order valence-corrected chi connectivity index (χ2v) is 5.66. The zero-order valence-electron chi connectivity index (χ0n) is 8.63. The van der Waals surface area contributed by atoms with Crippen molar-refractivity contribution in [1.29, 1.82) is 0 Å². The normalized spacial score (nSPS) is 11.7. The van der Waals surface area contributed by atoms with Gasteiger partial charge in [0.2, 0.25) is 10.0 Å². The van der Waals surface area contributed by atoms with Crippen molar-refractivity contribution < 1.29 is 8.42 Å². The Bertz CT molecular complexity index is 463. The van der Waals surface area contributed by atoms with E-state index >= 15 is 0 Å². The molecule has 0 saturated heterocycles. The average molecular weight is 283 g/mol. The van der Waals surface area contributed by atoms with Gasteiger partial charge in [0.15, 0.2) is 0 Å². The predicted octanol–water partition coefficient (Wildman–Crippen LogP) is 1.49. The summed E-state index contributed by atoms with van der Waals surface area (Å²) in [7, 11) is -1.86. The molecule has 0 amide bonds. The SMILES string of the molecule is CNCCNS(=O)(=O)c1cc(Cl)ccc1Cl. The van der Waals surface area contributed by atoms with Crippen LogP contribution in [0.4, 0.5) is 0 Å². The van der Waals surface area contributed by atoms with Crippen molar-refractivity contribution in [1.82, 2.24) is 10.0 Å². The second kappa shape index (κ2) is 5.84. The van der Waals surface area contributed by atoms with Crippen molar-refractivity contribution >= 4 is 33.2 Å². The van der Waals surface area contributed by atoms with E-state index < -0.39 is 10.0 Å². The number of halogens is 2. The van der Waals surface area contributed by atoms with Crippen LogP contribution in [0, 0.1) is 0 Å². The molecule has 0 unspecified atom stereocenters. The molecule has 4 nitrogen and oxygen atoms in total. The molecule has 0 aliphatic carbocycles. The van der Waals surface area contributed by atoms with Gasteiger partial charge in [-0.15, -0.1) is 0 Å². The maximum atomic E-state index is 11.8. The van der Waals surface area contributed by atoms with Gasteiger partial charge in [0, 0.05) is 18.1 Å². The first-order valence-corrected chi connectivity index (χ1v) is 6.80. The predicted molar refractivity (Wildman–Crippen MR) is 65.6 cm³/mol. The molecular formula is C9H12Cl2N2O2S. The minimum absolute atomic E-state index is 0.00207. The summed E-state index contributed by atoms with van der Waals surface area (Å²) in [6.45, 7) is 0.832. The van der Waals surface area contributed by atoms with E-state index in [4.69, 9.17) is 23.2 Å². The highest BCUT2D eigenvalue weighted by Crippen LogP contribution is 2.24. The Hall–Kier alpha value is -0.330. The summed E-state index contributed by atoms with van der Waals surface area (Å²) >= 11 is 11.5. The molecule has 2 N–H and O–H groups in total. The van der Waals surface area contributed by atoms with Gasteiger partial charge in [-0.2, -0.15) is 0 Å². The second-order valence-electron chi connectivity index (χ2n) is 3.08. The zero-order chi connectivity index (χ0) is 12.2. The van der Waals surface area contributed by atoms with E-state index in [1.165, 1.54) is 18.2 Å². The Labute approximate surface area is 105 Å². The van der Waals surface area contributed by atoms with Crippen molar-refractivity contribution in [3.05, 3.63) is 28.2 Å². The molecule has 16 heavy (non-hydrogen) atoms. The molecule has 1 rings (SSSR count). The summed E-state index contributed by atoms with van der Waals surface area (Å²) in [6.07, 6.45) is 0. The van der Waals surface area contributed by atoms with Gasteiger partial charge in [-0.25, -0.2) is 13.1 Å². The van der Waals surface area contributed by atoms with Gasteiger partial charge in [0.1, 0.15) is 4.90 Å². The zero-order valence-corrected chi connectivity index (χ0v) is 11.0. The Kier molecular flexibility index (Phi) is 5.01. The minimum Gasteiger partial charge on any atom is -0.318 e. The van der Waals surface area contributed by atoms with Crippen LogP contribution in [-0.2, 0) is 10.0 Å². The van der Waals surface area contributed by atoms with Crippen LogP contribution in [0.3, 0.4) is 0 Å². The molecule has 0 aliphatic rings. The van der Waals surface area contributed by atoms with Crippen LogP contribution in [0.5, 0.6) is 0 Å². The van der Waals surface area contributed by atoms with Crippen LogP contribution in [0.15, 0.2) is 23.1 Å². The molecule has 0 aromatic heterocycles. The van der Waals surface area contributed by atoms with E-state index in [0.29, 0.717) is 18.1 Å². The number of hydrogen-bond acceptors (Lipinski definition) is 3. The van der Waals surface area contributed by atoms with Crippen LogP contribution in [0.2, 0.25) is 10.0 Å². The highest BCUT2D eigenvalue weighted by atomic mass is 35.5. The molecule has 1 aromatic carbocycles. The lowest BCUT2D eigenvalue weighted by molar-refractivity contribution is 0.579. The molecule has 1 aromatic rings. The largest absolute Gasteiger partial charge is 0.318 e. The van der Waals surface area contributed by atoms with Crippen LogP contribution < -0.4 is 10.0 Å². The van der Waals surface area contributed by atoms with E-state index in [1.807, 2.05) is 0 Å². The molecule has 90 valence electrons. The van der Waals surface area contributed by atoms with Crippen molar-refractivity contribution in [2.45, 2.75) is 4.90 Å². The number of sulfonamides is 1. The highest BCUT2D eigenvalue weighted by Gasteiger charge is 2.17. The lowest BCUT2D eigenvalue weighted by atomic mass is 10.4. The van der Waals surface area contributed by atoms with Crippen LogP contribution >= 0.6 is 23.2 Å². The smallest absolute Gasteiger partial charge is 0.242 e. The van der Waals surface area contributed by atoms with Gasteiger partial charge >= 0.3 is 0 Å². The Morgan fingerprint density at radius 2 is 1.94 bits per heavy atom. The van der Waals surface area contributed by atoms with E-state index in [2.05, 4.69) is 10.0 Å². The standard InChI is InChI=1S/C9H12Cl2N2O2S/c1-12-4-5-13-16(14,15)9-6-7(10)2-3-8(9)11/h2-3,6,12-13H,4-5H2,1H3. The molecule has 0 aliphatic heterocycles. The lowest BCUT2D eigenvalue weighted by Crippen LogP contribution is -2.30. The minimum atomic E-state index is -3.59. The molecule has 0 atom stereocenters. The molecule has 0 fully saturated rings. The van der Waals surface area contributed by atoms with Gasteiger partial charge in [0.25, 0.3) is 0 Å². The first-order valence-electron chi connectivity index (χ1n) is 4.56. The first-order chi connectivity index (χ1) is 7.47. The summed E-state index contributed by atoms with van der Waals surface area (Å²) in [4.78, 5) is -0.00207. The fourth-order valence-electron chi connectivity index (χ4n) is 1.07. The van der Waals surface area contributed by atoms with Gasteiger partial charge in [-0.3, -0.25) is 0 Å². The molecule has 0 heterocycles. The molecule has 7 heteroatoms. The van der Waals surface area contributed by atoms with Crippen molar-refractivity contribution in [2.75, 3.05) is 20.1 Å². The van der Waals surface area contributed by atoms with Crippen LogP contribution in [0.25, 0.3) is 0 Å². The van der Waals surface area contributed by atoms with Crippen molar-refractivity contribution in [3.63, 3.8) is 0 Å². The number of nitrogens with one attached hydrogen (secondary N) is 2. The summed E-state index contributed by atoms with van der Waals surface area (Å²) in [5, 5.41) is 3.32. The van der Waals surface area contributed by atoms with Gasteiger partial charge in [-0.05, 0) is 25.2 Å². The quantitative estimate of drug-likeness (QED) is 0.805. The van der Waals surface area contributed by atoms with Gasteiger partial charge < -0.3 is 5.32 Å².